The first-order valence-corrected chi connectivity index (χ1v) is 7.64. The van der Waals surface area contributed by atoms with Gasteiger partial charge < -0.3 is 26.3 Å². The maximum absolute atomic E-state index is 12.1. The van der Waals surface area contributed by atoms with E-state index in [-0.39, 0.29) is 24.9 Å². The van der Waals surface area contributed by atoms with Crippen molar-refractivity contribution < 1.29 is 27.4 Å². The maximum atomic E-state index is 12.1. The SMILES string of the molecule is NC(=O)COc1cccc(CN=C(N)Nc2ccc(OC(F)(F)F)cc2)c1. The van der Waals surface area contributed by atoms with E-state index in [4.69, 9.17) is 16.2 Å². The summed E-state index contributed by atoms with van der Waals surface area (Å²) in [4.78, 5) is 14.9. The highest BCUT2D eigenvalue weighted by molar-refractivity contribution is 5.92. The highest BCUT2D eigenvalue weighted by Gasteiger charge is 2.30. The zero-order valence-corrected chi connectivity index (χ0v) is 14.0. The van der Waals surface area contributed by atoms with Crippen LogP contribution in [0.5, 0.6) is 11.5 Å². The summed E-state index contributed by atoms with van der Waals surface area (Å²) in [5.74, 6) is -0.383. The van der Waals surface area contributed by atoms with E-state index >= 15 is 0 Å². The fourth-order valence-corrected chi connectivity index (χ4v) is 1.99. The fourth-order valence-electron chi connectivity index (χ4n) is 1.99. The van der Waals surface area contributed by atoms with Gasteiger partial charge >= 0.3 is 6.36 Å². The molecule has 0 radical (unpaired) electrons. The minimum atomic E-state index is -4.74. The largest absolute Gasteiger partial charge is 0.573 e. The minimum Gasteiger partial charge on any atom is -0.484 e. The molecule has 5 N–H and O–H groups in total. The summed E-state index contributed by atoms with van der Waals surface area (Å²) in [6.07, 6.45) is -4.74. The molecule has 0 unspecified atom stereocenters. The number of ether oxygens (including phenoxy) is 2. The molecular formula is C17H17F3N4O3. The van der Waals surface area contributed by atoms with Gasteiger partial charge in [-0.15, -0.1) is 13.2 Å². The summed E-state index contributed by atoms with van der Waals surface area (Å²) >= 11 is 0. The number of carbonyl (C=O) groups excluding carboxylic acids is 1. The number of alkyl halides is 3. The highest BCUT2D eigenvalue weighted by atomic mass is 19.4. The smallest absolute Gasteiger partial charge is 0.484 e. The Morgan fingerprint density at radius 1 is 1.07 bits per heavy atom. The quantitative estimate of drug-likeness (QED) is 0.503. The number of benzene rings is 2. The van der Waals surface area contributed by atoms with Crippen LogP contribution < -0.4 is 26.3 Å². The second-order valence-electron chi connectivity index (χ2n) is 5.30. The lowest BCUT2D eigenvalue weighted by Crippen LogP contribution is -2.22. The van der Waals surface area contributed by atoms with Crippen LogP contribution in [-0.4, -0.2) is 24.8 Å². The van der Waals surface area contributed by atoms with Crippen molar-refractivity contribution in [3.05, 3.63) is 54.1 Å². The highest BCUT2D eigenvalue weighted by Crippen LogP contribution is 2.23. The van der Waals surface area contributed by atoms with Crippen LogP contribution in [0.3, 0.4) is 0 Å². The first kappa shape index (κ1) is 19.9. The Balaban J connectivity index is 1.92. The third kappa shape index (κ3) is 7.55. The Morgan fingerprint density at radius 3 is 2.41 bits per heavy atom. The van der Waals surface area contributed by atoms with Gasteiger partial charge in [0.05, 0.1) is 6.54 Å². The molecule has 0 aromatic heterocycles. The Labute approximate surface area is 152 Å². The molecular weight excluding hydrogens is 365 g/mol. The zero-order valence-electron chi connectivity index (χ0n) is 14.0. The molecule has 0 bridgehead atoms. The second-order valence-corrected chi connectivity index (χ2v) is 5.30. The molecule has 1 amide bonds. The van der Waals surface area contributed by atoms with E-state index in [1.165, 1.54) is 12.1 Å². The van der Waals surface area contributed by atoms with Crippen LogP contribution in [0.4, 0.5) is 18.9 Å². The Bertz CT molecular complexity index is 808. The van der Waals surface area contributed by atoms with Gasteiger partial charge in [0.1, 0.15) is 11.5 Å². The molecule has 10 heteroatoms. The number of nitrogens with zero attached hydrogens (tertiary/aromatic N) is 1. The third-order valence-electron chi connectivity index (χ3n) is 3.07. The molecule has 144 valence electrons. The van der Waals surface area contributed by atoms with Crippen molar-refractivity contribution in [1.82, 2.24) is 0 Å². The Morgan fingerprint density at radius 2 is 1.78 bits per heavy atom. The molecule has 27 heavy (non-hydrogen) atoms. The molecule has 0 saturated carbocycles. The standard InChI is InChI=1S/C17H17F3N4O3/c18-17(19,20)27-13-6-4-12(5-7-13)24-16(22)23-9-11-2-1-3-14(8-11)26-10-15(21)25/h1-8H,9-10H2,(H2,21,25)(H3,22,23,24). The van der Waals surface area contributed by atoms with Crippen molar-refractivity contribution in [1.29, 1.82) is 0 Å². The number of halogens is 3. The van der Waals surface area contributed by atoms with Crippen LogP contribution in [0.25, 0.3) is 0 Å². The lowest BCUT2D eigenvalue weighted by Gasteiger charge is -2.10. The number of hydrogen-bond donors (Lipinski definition) is 3. The summed E-state index contributed by atoms with van der Waals surface area (Å²) in [5.41, 5.74) is 12.0. The van der Waals surface area contributed by atoms with Gasteiger partial charge in [-0.1, -0.05) is 12.1 Å². The lowest BCUT2D eigenvalue weighted by molar-refractivity contribution is -0.274. The number of guanidine groups is 1. The average molecular weight is 382 g/mol. The van der Waals surface area contributed by atoms with Gasteiger partial charge in [0.2, 0.25) is 0 Å². The number of hydrogen-bond acceptors (Lipinski definition) is 4. The van der Waals surface area contributed by atoms with Crippen molar-refractivity contribution in [3.63, 3.8) is 0 Å². The van der Waals surface area contributed by atoms with Gasteiger partial charge in [-0.25, -0.2) is 4.99 Å². The number of rotatable bonds is 7. The van der Waals surface area contributed by atoms with Gasteiger partial charge in [-0.3, -0.25) is 4.79 Å². The lowest BCUT2D eigenvalue weighted by atomic mass is 10.2. The van der Waals surface area contributed by atoms with Crippen molar-refractivity contribution in [2.24, 2.45) is 16.5 Å². The van der Waals surface area contributed by atoms with Crippen molar-refractivity contribution >= 4 is 17.6 Å². The van der Waals surface area contributed by atoms with Crippen LogP contribution in [0, 0.1) is 0 Å². The first-order valence-electron chi connectivity index (χ1n) is 7.64. The molecule has 7 nitrogen and oxygen atoms in total. The van der Waals surface area contributed by atoms with E-state index in [1.54, 1.807) is 24.3 Å². The monoisotopic (exact) mass is 382 g/mol. The van der Waals surface area contributed by atoms with Crippen LogP contribution in [0.15, 0.2) is 53.5 Å². The van der Waals surface area contributed by atoms with E-state index in [2.05, 4.69) is 15.0 Å². The molecule has 2 rings (SSSR count). The van der Waals surface area contributed by atoms with Crippen LogP contribution in [0.1, 0.15) is 5.56 Å². The third-order valence-corrected chi connectivity index (χ3v) is 3.07. The van der Waals surface area contributed by atoms with Gasteiger partial charge in [0.25, 0.3) is 5.91 Å². The number of amides is 1. The molecule has 0 aliphatic rings. The minimum absolute atomic E-state index is 0.0722. The number of carbonyl (C=O) groups is 1. The number of anilines is 1. The van der Waals surface area contributed by atoms with Crippen LogP contribution in [-0.2, 0) is 11.3 Å². The molecule has 0 spiro atoms. The van der Waals surface area contributed by atoms with E-state index in [9.17, 15) is 18.0 Å². The Kier molecular flexibility index (Phi) is 6.47. The van der Waals surface area contributed by atoms with Crippen molar-refractivity contribution in [2.75, 3.05) is 11.9 Å². The molecule has 0 atom stereocenters. The van der Waals surface area contributed by atoms with E-state index in [0.717, 1.165) is 17.7 Å². The van der Waals surface area contributed by atoms with Crippen LogP contribution >= 0.6 is 0 Å². The van der Waals surface area contributed by atoms with Gasteiger partial charge in [0.15, 0.2) is 12.6 Å². The second kappa shape index (κ2) is 8.79. The molecule has 2 aromatic rings. The van der Waals surface area contributed by atoms with Crippen LogP contribution in [0.2, 0.25) is 0 Å². The van der Waals surface area contributed by atoms with Crippen molar-refractivity contribution in [2.45, 2.75) is 12.9 Å². The molecule has 2 aromatic carbocycles. The summed E-state index contributed by atoms with van der Waals surface area (Å²) in [5, 5.41) is 2.76. The summed E-state index contributed by atoms with van der Waals surface area (Å²) in [6.45, 7) is -0.00760. The number of nitrogens with two attached hydrogens (primary N) is 2. The average Bonchev–Trinajstić information content (AvgIpc) is 2.59. The fraction of sp³-hybridized carbons (Fsp3) is 0.176. The topological polar surface area (TPSA) is 112 Å². The Hall–Kier alpha value is -3.43. The van der Waals surface area contributed by atoms with Gasteiger partial charge in [-0.05, 0) is 42.0 Å². The zero-order chi connectivity index (χ0) is 19.9. The van der Waals surface area contributed by atoms with Gasteiger partial charge in [-0.2, -0.15) is 0 Å². The molecule has 0 aliphatic carbocycles. The predicted octanol–water partition coefficient (Wildman–Crippen LogP) is 2.38. The predicted molar refractivity (Wildman–Crippen MR) is 93.2 cm³/mol. The molecule has 0 aliphatic heterocycles. The van der Waals surface area contributed by atoms with E-state index in [1.807, 2.05) is 0 Å². The maximum Gasteiger partial charge on any atom is 0.573 e. The molecule has 0 heterocycles. The number of primary amides is 1. The summed E-state index contributed by atoms with van der Waals surface area (Å²) < 4.78 is 45.3. The number of aliphatic imine (C=N–C) groups is 1. The summed E-state index contributed by atoms with van der Waals surface area (Å²) in [6, 6.07) is 11.9. The van der Waals surface area contributed by atoms with Gasteiger partial charge in [0, 0.05) is 5.69 Å². The van der Waals surface area contributed by atoms with E-state index in [0.29, 0.717) is 11.4 Å². The normalized spacial score (nSPS) is 11.7. The summed E-state index contributed by atoms with van der Waals surface area (Å²) in [7, 11) is 0. The van der Waals surface area contributed by atoms with Crippen molar-refractivity contribution in [3.8, 4) is 11.5 Å². The number of nitrogens with one attached hydrogen (secondary N) is 1. The van der Waals surface area contributed by atoms with E-state index < -0.39 is 12.3 Å². The molecule has 0 fully saturated rings. The first-order chi connectivity index (χ1) is 12.7. The molecule has 0 saturated heterocycles.